The van der Waals surface area contributed by atoms with Crippen LogP contribution in [0.15, 0.2) is 6.08 Å². The van der Waals surface area contributed by atoms with Crippen molar-refractivity contribution in [2.75, 3.05) is 33.4 Å². The van der Waals surface area contributed by atoms with Gasteiger partial charge in [0.15, 0.2) is 0 Å². The van der Waals surface area contributed by atoms with E-state index in [0.717, 1.165) is 43.5 Å². The number of unbranched alkanes of at least 4 members (excludes halogenated alkanes) is 13. The summed E-state index contributed by atoms with van der Waals surface area (Å²) in [7, 11) is 2.12. The number of carbonyl (C=O) groups excluding carboxylic acids is 1. The number of nitrogens with zero attached hydrogens (tertiary/aromatic N) is 3. The van der Waals surface area contributed by atoms with E-state index < -0.39 is 6.16 Å². The molecule has 2 atom stereocenters. The van der Waals surface area contributed by atoms with Gasteiger partial charge < -0.3 is 14.2 Å². The first-order valence-corrected chi connectivity index (χ1v) is 16.1. The van der Waals surface area contributed by atoms with Gasteiger partial charge in [-0.1, -0.05) is 103 Å². The highest BCUT2D eigenvalue weighted by Gasteiger charge is 2.37. The van der Waals surface area contributed by atoms with Gasteiger partial charge >= 0.3 is 6.16 Å². The fourth-order valence-electron chi connectivity index (χ4n) is 4.94. The van der Waals surface area contributed by atoms with Crippen molar-refractivity contribution in [3.63, 3.8) is 0 Å². The zero-order valence-electron chi connectivity index (χ0n) is 24.7. The second-order valence-electron chi connectivity index (χ2n) is 11.1. The first-order chi connectivity index (χ1) is 18.5. The van der Waals surface area contributed by atoms with Gasteiger partial charge in [-0.05, 0) is 12.8 Å². The number of carbonyl (C=O) groups is 1. The van der Waals surface area contributed by atoms with Crippen molar-refractivity contribution in [2.45, 2.75) is 130 Å². The molecule has 0 bridgehead atoms. The molecule has 0 fully saturated rings. The molecule has 0 aromatic carbocycles. The summed E-state index contributed by atoms with van der Waals surface area (Å²) in [4.78, 5) is 12.4. The molecule has 1 aromatic rings. The first kappa shape index (κ1) is 32.5. The van der Waals surface area contributed by atoms with E-state index in [-0.39, 0.29) is 6.23 Å². The first-order valence-electron chi connectivity index (χ1n) is 15.3. The lowest BCUT2D eigenvalue weighted by atomic mass is 10.0. The molecule has 1 aliphatic heterocycles. The number of rotatable bonds is 21. The Balaban J connectivity index is 1.64. The highest BCUT2D eigenvalue weighted by atomic mass is 32.1. The van der Waals surface area contributed by atoms with Crippen LogP contribution in [0.2, 0.25) is 0 Å². The summed E-state index contributed by atoms with van der Waals surface area (Å²) < 4.78 is 26.6. The van der Waals surface area contributed by atoms with Gasteiger partial charge in [-0.25, -0.2) is 4.79 Å². The molecular formula is C30H54N3O4S+. The Morgan fingerprint density at radius 1 is 0.895 bits per heavy atom. The predicted octanol–water partition coefficient (Wildman–Crippen LogP) is 8.54. The number of ether oxygens (including phenoxy) is 3. The lowest BCUT2D eigenvalue weighted by Gasteiger charge is -2.41. The number of hydrogen-bond donors (Lipinski definition) is 0. The van der Waals surface area contributed by atoms with Crippen molar-refractivity contribution >= 4 is 23.5 Å². The van der Waals surface area contributed by atoms with E-state index in [1.807, 2.05) is 6.92 Å². The van der Waals surface area contributed by atoms with Crippen LogP contribution in [-0.4, -0.2) is 59.0 Å². The van der Waals surface area contributed by atoms with Crippen molar-refractivity contribution in [3.8, 4) is 5.88 Å². The molecule has 2 rings (SSSR count). The molecule has 0 saturated carbocycles. The molecule has 0 radical (unpaired) electrons. The van der Waals surface area contributed by atoms with Crippen LogP contribution >= 0.6 is 11.7 Å². The minimum atomic E-state index is -0.563. The van der Waals surface area contributed by atoms with Gasteiger partial charge in [0.05, 0.1) is 38.5 Å². The van der Waals surface area contributed by atoms with Crippen molar-refractivity contribution in [3.05, 3.63) is 11.8 Å². The standard InChI is InChI=1S/C30H54N3O4S/c1-5-7-9-11-12-13-14-15-16-17-19-24-36-30(34)37-26(3)33(4)22-20-21-27(25-33)28-29(32-38-31-28)35-23-18-10-8-6-2/h21,26H,5-20,22-25H2,1-4H3/q+1/t26-,33?/m0/s1. The second kappa shape index (κ2) is 19.4. The highest BCUT2D eigenvalue weighted by Crippen LogP contribution is 2.31. The van der Waals surface area contributed by atoms with Crippen LogP contribution in [0.1, 0.15) is 129 Å². The second-order valence-corrected chi connectivity index (χ2v) is 11.6. The maximum atomic E-state index is 12.4. The Labute approximate surface area is 236 Å². The van der Waals surface area contributed by atoms with E-state index in [1.165, 1.54) is 88.8 Å². The number of quaternary nitrogens is 1. The summed E-state index contributed by atoms with van der Waals surface area (Å²) in [6, 6.07) is 0. The Morgan fingerprint density at radius 2 is 1.47 bits per heavy atom. The molecule has 0 spiro atoms. The summed E-state index contributed by atoms with van der Waals surface area (Å²) >= 11 is 1.19. The van der Waals surface area contributed by atoms with Crippen molar-refractivity contribution in [1.29, 1.82) is 0 Å². The van der Waals surface area contributed by atoms with E-state index in [9.17, 15) is 4.79 Å². The van der Waals surface area contributed by atoms with E-state index in [0.29, 0.717) is 30.1 Å². The van der Waals surface area contributed by atoms with Gasteiger partial charge in [0, 0.05) is 18.9 Å². The quantitative estimate of drug-likeness (QED) is 0.0864. The zero-order valence-corrected chi connectivity index (χ0v) is 25.5. The van der Waals surface area contributed by atoms with E-state index in [1.54, 1.807) is 0 Å². The van der Waals surface area contributed by atoms with Crippen LogP contribution in [-0.2, 0) is 9.47 Å². The van der Waals surface area contributed by atoms with Crippen molar-refractivity contribution < 1.29 is 23.5 Å². The fraction of sp³-hybridized carbons (Fsp3) is 0.833. The van der Waals surface area contributed by atoms with E-state index in [2.05, 4.69) is 35.7 Å². The lowest BCUT2D eigenvalue weighted by molar-refractivity contribution is -0.944. The number of hydrogen-bond acceptors (Lipinski definition) is 7. The maximum absolute atomic E-state index is 12.4. The van der Waals surface area contributed by atoms with Gasteiger partial charge in [0.2, 0.25) is 6.23 Å². The molecule has 0 N–H and O–H groups in total. The van der Waals surface area contributed by atoms with Crippen LogP contribution < -0.4 is 4.74 Å². The lowest BCUT2D eigenvalue weighted by Crippen LogP contribution is -2.55. The minimum absolute atomic E-state index is 0.312. The Hall–Kier alpha value is -1.67. The molecule has 1 aliphatic rings. The Morgan fingerprint density at radius 3 is 2.13 bits per heavy atom. The van der Waals surface area contributed by atoms with Gasteiger partial charge in [-0.15, -0.1) is 4.37 Å². The molecule has 38 heavy (non-hydrogen) atoms. The third kappa shape index (κ3) is 12.5. The van der Waals surface area contributed by atoms with Crippen molar-refractivity contribution in [2.24, 2.45) is 0 Å². The summed E-state index contributed by atoms with van der Waals surface area (Å²) in [6.45, 7) is 9.13. The molecule has 218 valence electrons. The SMILES string of the molecule is CCCCCCCCCCCCCOC(=O)O[C@@H](C)[N+]1(C)CCC=C(c2nsnc2OCCCCCC)C1. The van der Waals surface area contributed by atoms with Gasteiger partial charge in [0.1, 0.15) is 12.2 Å². The molecule has 0 amide bonds. The van der Waals surface area contributed by atoms with Crippen LogP contribution in [0.4, 0.5) is 4.79 Å². The molecule has 2 heterocycles. The molecule has 1 unspecified atom stereocenters. The average molecular weight is 553 g/mol. The average Bonchev–Trinajstić information content (AvgIpc) is 3.38. The van der Waals surface area contributed by atoms with Crippen LogP contribution in [0, 0.1) is 0 Å². The van der Waals surface area contributed by atoms with Crippen LogP contribution in [0.5, 0.6) is 5.88 Å². The van der Waals surface area contributed by atoms with Gasteiger partial charge in [-0.2, -0.15) is 4.37 Å². The smallest absolute Gasteiger partial charge is 0.475 e. The third-order valence-corrected chi connectivity index (χ3v) is 8.19. The minimum Gasteiger partial charge on any atom is -0.475 e. The molecule has 7 nitrogen and oxygen atoms in total. The van der Waals surface area contributed by atoms with Gasteiger partial charge in [0.25, 0.3) is 5.88 Å². The molecule has 0 saturated heterocycles. The Bertz CT molecular complexity index is 800. The van der Waals surface area contributed by atoms with E-state index in [4.69, 9.17) is 14.2 Å². The summed E-state index contributed by atoms with van der Waals surface area (Å²) in [5.41, 5.74) is 1.95. The zero-order chi connectivity index (χ0) is 27.5. The molecule has 0 aliphatic carbocycles. The summed E-state index contributed by atoms with van der Waals surface area (Å²) in [5, 5.41) is 0. The Kier molecular flexibility index (Phi) is 16.6. The predicted molar refractivity (Wildman–Crippen MR) is 156 cm³/mol. The maximum Gasteiger partial charge on any atom is 0.512 e. The van der Waals surface area contributed by atoms with Crippen LogP contribution in [0.25, 0.3) is 5.57 Å². The molecular weight excluding hydrogens is 498 g/mol. The normalized spacial score (nSPS) is 18.2. The molecule has 1 aromatic heterocycles. The van der Waals surface area contributed by atoms with E-state index >= 15 is 0 Å². The van der Waals surface area contributed by atoms with Crippen molar-refractivity contribution in [1.82, 2.24) is 8.75 Å². The number of aromatic nitrogens is 2. The summed E-state index contributed by atoms with van der Waals surface area (Å²) in [6.07, 6.45) is 20.9. The fourth-order valence-corrected chi connectivity index (χ4v) is 5.47. The topological polar surface area (TPSA) is 70.5 Å². The number of likely N-dealkylation sites (N-methyl/N-ethyl adjacent to an activating group) is 1. The largest absolute Gasteiger partial charge is 0.512 e. The highest BCUT2D eigenvalue weighted by molar-refractivity contribution is 6.99. The third-order valence-electron chi connectivity index (χ3n) is 7.67. The molecule has 8 heteroatoms. The van der Waals surface area contributed by atoms with Gasteiger partial charge in [-0.3, -0.25) is 4.48 Å². The monoisotopic (exact) mass is 552 g/mol. The summed E-state index contributed by atoms with van der Waals surface area (Å²) in [5.74, 6) is 0.631. The van der Waals surface area contributed by atoms with Crippen LogP contribution in [0.3, 0.4) is 0 Å².